The summed E-state index contributed by atoms with van der Waals surface area (Å²) < 4.78 is 0. The summed E-state index contributed by atoms with van der Waals surface area (Å²) >= 11 is 9.33. The summed E-state index contributed by atoms with van der Waals surface area (Å²) in [4.78, 5) is 14.8. The summed E-state index contributed by atoms with van der Waals surface area (Å²) in [6.45, 7) is 1.67. The Labute approximate surface area is 109 Å². The van der Waals surface area contributed by atoms with Gasteiger partial charge in [0, 0.05) is 29.0 Å². The first-order valence-corrected chi connectivity index (χ1v) is 7.76. The van der Waals surface area contributed by atoms with Gasteiger partial charge >= 0.3 is 0 Å². The quantitative estimate of drug-likeness (QED) is 0.774. The van der Waals surface area contributed by atoms with E-state index in [0.717, 1.165) is 25.3 Å². The number of thioether (sulfide) groups is 1. The standard InChI is InChI=1S/C11H14ClNOS2/c12-8-11(14)13-4-3-10(16-7-5-13)9-2-1-6-15-9/h1-2,6,10H,3-5,7-8H2. The van der Waals surface area contributed by atoms with Crippen LogP contribution >= 0.6 is 34.7 Å². The van der Waals surface area contributed by atoms with Crippen molar-refractivity contribution in [2.45, 2.75) is 11.7 Å². The molecular formula is C11H14ClNOS2. The molecule has 5 heteroatoms. The van der Waals surface area contributed by atoms with Crippen molar-refractivity contribution < 1.29 is 4.79 Å². The average molecular weight is 276 g/mol. The van der Waals surface area contributed by atoms with Gasteiger partial charge in [-0.2, -0.15) is 11.8 Å². The van der Waals surface area contributed by atoms with Gasteiger partial charge < -0.3 is 4.90 Å². The van der Waals surface area contributed by atoms with E-state index in [0.29, 0.717) is 5.25 Å². The molecule has 0 bridgehead atoms. The van der Waals surface area contributed by atoms with E-state index in [1.165, 1.54) is 4.88 Å². The predicted octanol–water partition coefficient (Wildman–Crippen LogP) is 2.99. The minimum atomic E-state index is 0.0640. The summed E-state index contributed by atoms with van der Waals surface area (Å²) in [5, 5.41) is 2.66. The Bertz CT molecular complexity index is 342. The molecule has 1 unspecified atom stereocenters. The molecule has 1 aromatic heterocycles. The molecule has 16 heavy (non-hydrogen) atoms. The number of nitrogens with zero attached hydrogens (tertiary/aromatic N) is 1. The van der Waals surface area contributed by atoms with Gasteiger partial charge in [-0.15, -0.1) is 22.9 Å². The van der Waals surface area contributed by atoms with Crippen molar-refractivity contribution >= 4 is 40.6 Å². The van der Waals surface area contributed by atoms with Crippen LogP contribution in [0.3, 0.4) is 0 Å². The summed E-state index contributed by atoms with van der Waals surface area (Å²) in [6, 6.07) is 4.27. The second-order valence-electron chi connectivity index (χ2n) is 3.68. The first kappa shape index (κ1) is 12.3. The van der Waals surface area contributed by atoms with Crippen LogP contribution in [0.2, 0.25) is 0 Å². The van der Waals surface area contributed by atoms with Crippen LogP contribution < -0.4 is 0 Å². The third-order valence-electron chi connectivity index (χ3n) is 2.67. The Hall–Kier alpha value is -0.190. The van der Waals surface area contributed by atoms with Crippen molar-refractivity contribution in [3.8, 4) is 0 Å². The summed E-state index contributed by atoms with van der Waals surface area (Å²) in [5.74, 6) is 1.17. The third-order valence-corrected chi connectivity index (χ3v) is 5.34. The zero-order valence-corrected chi connectivity index (χ0v) is 11.3. The summed E-state index contributed by atoms with van der Waals surface area (Å²) in [5.41, 5.74) is 0. The summed E-state index contributed by atoms with van der Waals surface area (Å²) in [6.07, 6.45) is 1.04. The molecule has 0 spiro atoms. The molecule has 2 nitrogen and oxygen atoms in total. The Morgan fingerprint density at radius 2 is 2.44 bits per heavy atom. The lowest BCUT2D eigenvalue weighted by atomic mass is 10.2. The van der Waals surface area contributed by atoms with Crippen LogP contribution in [0.1, 0.15) is 16.5 Å². The lowest BCUT2D eigenvalue weighted by molar-refractivity contribution is -0.128. The van der Waals surface area contributed by atoms with Crippen molar-refractivity contribution in [1.29, 1.82) is 0 Å². The molecule has 88 valence electrons. The third kappa shape index (κ3) is 2.93. The van der Waals surface area contributed by atoms with E-state index in [9.17, 15) is 4.79 Å². The van der Waals surface area contributed by atoms with Crippen molar-refractivity contribution in [3.63, 3.8) is 0 Å². The fourth-order valence-electron chi connectivity index (χ4n) is 1.81. The minimum Gasteiger partial charge on any atom is -0.341 e. The molecule has 1 aliphatic heterocycles. The Morgan fingerprint density at radius 1 is 1.56 bits per heavy atom. The SMILES string of the molecule is O=C(CCl)N1CCSC(c2cccs2)CC1. The van der Waals surface area contributed by atoms with Crippen molar-refractivity contribution in [1.82, 2.24) is 4.90 Å². The fraction of sp³-hybridized carbons (Fsp3) is 0.545. The van der Waals surface area contributed by atoms with Gasteiger partial charge in [-0.3, -0.25) is 4.79 Å². The van der Waals surface area contributed by atoms with Crippen LogP contribution in [0, 0.1) is 0 Å². The largest absolute Gasteiger partial charge is 0.341 e. The number of carbonyl (C=O) groups is 1. The summed E-state index contributed by atoms with van der Waals surface area (Å²) in [7, 11) is 0. The van der Waals surface area contributed by atoms with E-state index in [1.807, 2.05) is 16.7 Å². The van der Waals surface area contributed by atoms with E-state index in [-0.39, 0.29) is 11.8 Å². The van der Waals surface area contributed by atoms with Gasteiger partial charge in [0.1, 0.15) is 5.88 Å². The maximum Gasteiger partial charge on any atom is 0.237 e. The van der Waals surface area contributed by atoms with Crippen LogP contribution in [0.25, 0.3) is 0 Å². The molecule has 0 N–H and O–H groups in total. The maximum atomic E-state index is 11.5. The van der Waals surface area contributed by atoms with Gasteiger partial charge in [-0.05, 0) is 17.9 Å². The maximum absolute atomic E-state index is 11.5. The van der Waals surface area contributed by atoms with Crippen LogP contribution in [-0.4, -0.2) is 35.5 Å². The number of alkyl halides is 1. The second kappa shape index (κ2) is 5.94. The minimum absolute atomic E-state index is 0.0640. The number of rotatable bonds is 2. The van der Waals surface area contributed by atoms with Crippen LogP contribution in [0.5, 0.6) is 0 Å². The average Bonchev–Trinajstić information content (AvgIpc) is 2.73. The normalized spacial score (nSPS) is 21.8. The molecule has 2 heterocycles. The predicted molar refractivity (Wildman–Crippen MR) is 71.4 cm³/mol. The highest BCUT2D eigenvalue weighted by molar-refractivity contribution is 7.99. The highest BCUT2D eigenvalue weighted by Crippen LogP contribution is 2.36. The molecule has 0 radical (unpaired) electrons. The number of hydrogen-bond acceptors (Lipinski definition) is 3. The van der Waals surface area contributed by atoms with Crippen molar-refractivity contribution in [3.05, 3.63) is 22.4 Å². The number of hydrogen-bond donors (Lipinski definition) is 0. The molecular weight excluding hydrogens is 262 g/mol. The van der Waals surface area contributed by atoms with Crippen molar-refractivity contribution in [2.75, 3.05) is 24.7 Å². The zero-order chi connectivity index (χ0) is 11.4. The van der Waals surface area contributed by atoms with E-state index in [4.69, 9.17) is 11.6 Å². The van der Waals surface area contributed by atoms with Gasteiger partial charge in [-0.1, -0.05) is 6.07 Å². The van der Waals surface area contributed by atoms with Gasteiger partial charge in [0.15, 0.2) is 0 Å². The van der Waals surface area contributed by atoms with Crippen LogP contribution in [0.4, 0.5) is 0 Å². The molecule has 0 aliphatic carbocycles. The molecule has 1 aromatic rings. The van der Waals surface area contributed by atoms with E-state index in [1.54, 1.807) is 11.3 Å². The first-order chi connectivity index (χ1) is 7.81. The van der Waals surface area contributed by atoms with Gasteiger partial charge in [0.2, 0.25) is 5.91 Å². The number of amides is 1. The zero-order valence-electron chi connectivity index (χ0n) is 8.89. The molecule has 1 fully saturated rings. The number of carbonyl (C=O) groups excluding carboxylic acids is 1. The fourth-order valence-corrected chi connectivity index (χ4v) is 4.21. The molecule has 1 atom stereocenters. The van der Waals surface area contributed by atoms with Crippen molar-refractivity contribution in [2.24, 2.45) is 0 Å². The van der Waals surface area contributed by atoms with E-state index < -0.39 is 0 Å². The second-order valence-corrected chi connectivity index (χ2v) is 6.24. The molecule has 0 aromatic carbocycles. The molecule has 0 saturated carbocycles. The monoisotopic (exact) mass is 275 g/mol. The first-order valence-electron chi connectivity index (χ1n) is 5.30. The Balaban J connectivity index is 1.96. The topological polar surface area (TPSA) is 20.3 Å². The number of halogens is 1. The van der Waals surface area contributed by atoms with Gasteiger partial charge in [0.25, 0.3) is 0 Å². The molecule has 1 amide bonds. The van der Waals surface area contributed by atoms with E-state index >= 15 is 0 Å². The molecule has 1 aliphatic rings. The Morgan fingerprint density at radius 3 is 3.12 bits per heavy atom. The van der Waals surface area contributed by atoms with Crippen LogP contribution in [0.15, 0.2) is 17.5 Å². The van der Waals surface area contributed by atoms with E-state index in [2.05, 4.69) is 17.5 Å². The highest BCUT2D eigenvalue weighted by atomic mass is 35.5. The highest BCUT2D eigenvalue weighted by Gasteiger charge is 2.21. The smallest absolute Gasteiger partial charge is 0.237 e. The number of thiophene rings is 1. The lowest BCUT2D eigenvalue weighted by Crippen LogP contribution is -2.33. The van der Waals surface area contributed by atoms with Gasteiger partial charge in [-0.25, -0.2) is 0 Å². The molecule has 1 saturated heterocycles. The van der Waals surface area contributed by atoms with Gasteiger partial charge in [0.05, 0.1) is 0 Å². The lowest BCUT2D eigenvalue weighted by Gasteiger charge is -2.18. The van der Waals surface area contributed by atoms with Crippen LogP contribution in [-0.2, 0) is 4.79 Å². The Kier molecular flexibility index (Phi) is 4.55. The molecule has 2 rings (SSSR count).